The topological polar surface area (TPSA) is 17.1 Å². The molecule has 0 aliphatic rings. The summed E-state index contributed by atoms with van der Waals surface area (Å²) >= 11 is 0.139. The molecule has 1 aromatic rings. The molecule has 0 radical (unpaired) electrons. The van der Waals surface area contributed by atoms with Crippen LogP contribution >= 0.6 is 12.1 Å². The van der Waals surface area contributed by atoms with E-state index in [1.807, 2.05) is 0 Å². The first-order valence-corrected chi connectivity index (χ1v) is 3.42. The molecule has 3 heteroatoms. The van der Waals surface area contributed by atoms with Crippen molar-refractivity contribution in [2.45, 2.75) is 4.90 Å². The van der Waals surface area contributed by atoms with Crippen molar-refractivity contribution >= 4 is 18.4 Å². The second-order valence-corrected chi connectivity index (χ2v) is 2.39. The summed E-state index contributed by atoms with van der Waals surface area (Å²) in [4.78, 5) is 10.6. The molecule has 0 saturated carbocycles. The lowest BCUT2D eigenvalue weighted by Crippen LogP contribution is -1.77. The highest BCUT2D eigenvalue weighted by Crippen LogP contribution is 2.18. The van der Waals surface area contributed by atoms with Crippen molar-refractivity contribution in [3.8, 4) is 0 Å². The molecule has 1 rings (SSSR count). The first-order valence-electron chi connectivity index (χ1n) is 2.70. The van der Waals surface area contributed by atoms with Crippen LogP contribution in [-0.4, -0.2) is 6.29 Å². The maximum atomic E-state index is 11.8. The van der Waals surface area contributed by atoms with Gasteiger partial charge in [-0.2, -0.15) is 3.89 Å². The molecule has 1 aromatic carbocycles. The van der Waals surface area contributed by atoms with Gasteiger partial charge in [-0.1, -0.05) is 12.1 Å². The van der Waals surface area contributed by atoms with Crippen molar-refractivity contribution in [2.24, 2.45) is 0 Å². The maximum Gasteiger partial charge on any atom is 0.150 e. The number of hydrogen-bond donors (Lipinski definition) is 0. The third-order valence-corrected chi connectivity index (χ3v) is 1.52. The summed E-state index contributed by atoms with van der Waals surface area (Å²) in [6.07, 6.45) is 0.694. The van der Waals surface area contributed by atoms with Crippen LogP contribution in [0, 0.1) is 0 Å². The minimum absolute atomic E-state index is 0.139. The first kappa shape index (κ1) is 7.28. The lowest BCUT2D eigenvalue weighted by atomic mass is 10.2. The molecular weight excluding hydrogens is 151 g/mol. The molecule has 0 spiro atoms. The largest absolute Gasteiger partial charge is 0.298 e. The second kappa shape index (κ2) is 3.37. The van der Waals surface area contributed by atoms with Crippen LogP contribution in [0.3, 0.4) is 0 Å². The Labute approximate surface area is 62.5 Å². The van der Waals surface area contributed by atoms with Crippen molar-refractivity contribution < 1.29 is 8.68 Å². The van der Waals surface area contributed by atoms with E-state index < -0.39 is 0 Å². The lowest BCUT2D eigenvalue weighted by Gasteiger charge is -1.91. The molecule has 10 heavy (non-hydrogen) atoms. The van der Waals surface area contributed by atoms with Gasteiger partial charge in [0.2, 0.25) is 0 Å². The second-order valence-electron chi connectivity index (χ2n) is 1.77. The summed E-state index contributed by atoms with van der Waals surface area (Å²) in [5.74, 6) is 0. The van der Waals surface area contributed by atoms with Gasteiger partial charge < -0.3 is 0 Å². The van der Waals surface area contributed by atoms with Crippen molar-refractivity contribution in [2.75, 3.05) is 0 Å². The summed E-state index contributed by atoms with van der Waals surface area (Å²) in [5.41, 5.74) is 0.502. The number of benzene rings is 1. The minimum atomic E-state index is 0.139. The highest BCUT2D eigenvalue weighted by atomic mass is 32.2. The van der Waals surface area contributed by atoms with Crippen molar-refractivity contribution in [1.82, 2.24) is 0 Å². The molecule has 1 nitrogen and oxygen atoms in total. The molecule has 0 aromatic heterocycles. The summed E-state index contributed by atoms with van der Waals surface area (Å²) in [5, 5.41) is 0. The smallest absolute Gasteiger partial charge is 0.150 e. The predicted molar refractivity (Wildman–Crippen MR) is 38.8 cm³/mol. The monoisotopic (exact) mass is 156 g/mol. The molecule has 0 saturated heterocycles. The number of aldehydes is 1. The summed E-state index contributed by atoms with van der Waals surface area (Å²) < 4.78 is 11.8. The Morgan fingerprint density at radius 3 is 2.90 bits per heavy atom. The quantitative estimate of drug-likeness (QED) is 0.612. The van der Waals surface area contributed by atoms with Gasteiger partial charge in [0, 0.05) is 10.5 Å². The molecule has 0 heterocycles. The van der Waals surface area contributed by atoms with E-state index >= 15 is 0 Å². The van der Waals surface area contributed by atoms with Crippen molar-refractivity contribution in [3.63, 3.8) is 0 Å². The van der Waals surface area contributed by atoms with Crippen LogP contribution in [-0.2, 0) is 0 Å². The Bertz CT molecular complexity index is 237. The summed E-state index contributed by atoms with van der Waals surface area (Å²) in [6.45, 7) is 0. The highest BCUT2D eigenvalue weighted by Gasteiger charge is 1.93. The zero-order valence-electron chi connectivity index (χ0n) is 5.08. The van der Waals surface area contributed by atoms with Crippen LogP contribution < -0.4 is 0 Å². The van der Waals surface area contributed by atoms with Gasteiger partial charge in [-0.3, -0.25) is 4.79 Å². The van der Waals surface area contributed by atoms with E-state index in [4.69, 9.17) is 0 Å². The van der Waals surface area contributed by atoms with Gasteiger partial charge in [-0.25, -0.2) is 0 Å². The average Bonchev–Trinajstić information content (AvgIpc) is 2.05. The molecule has 0 fully saturated rings. The van der Waals surface area contributed by atoms with Gasteiger partial charge in [0.1, 0.15) is 6.29 Å². The Morgan fingerprint density at radius 2 is 2.30 bits per heavy atom. The molecular formula is C7H5FOS. The van der Waals surface area contributed by atoms with Crippen molar-refractivity contribution in [1.29, 1.82) is 0 Å². The van der Waals surface area contributed by atoms with Gasteiger partial charge in [0.05, 0.1) is 12.1 Å². The van der Waals surface area contributed by atoms with Gasteiger partial charge in [0.25, 0.3) is 0 Å². The van der Waals surface area contributed by atoms with E-state index in [9.17, 15) is 8.68 Å². The molecule has 0 bridgehead atoms. The normalized spacial score (nSPS) is 9.30. The highest BCUT2D eigenvalue weighted by molar-refractivity contribution is 7.94. The zero-order chi connectivity index (χ0) is 7.40. The average molecular weight is 156 g/mol. The Morgan fingerprint density at radius 1 is 1.50 bits per heavy atom. The summed E-state index contributed by atoms with van der Waals surface area (Å²) in [7, 11) is 0. The van der Waals surface area contributed by atoms with E-state index in [-0.39, 0.29) is 12.1 Å². The minimum Gasteiger partial charge on any atom is -0.298 e. The molecule has 0 unspecified atom stereocenters. The zero-order valence-corrected chi connectivity index (χ0v) is 5.90. The summed E-state index contributed by atoms with van der Waals surface area (Å²) in [6, 6.07) is 6.38. The van der Waals surface area contributed by atoms with E-state index in [1.54, 1.807) is 18.2 Å². The predicted octanol–water partition coefficient (Wildman–Crippen LogP) is 2.48. The number of halogens is 1. The fourth-order valence-electron chi connectivity index (χ4n) is 0.636. The molecule has 0 atom stereocenters. The number of rotatable bonds is 2. The molecule has 52 valence electrons. The number of hydrogen-bond acceptors (Lipinski definition) is 2. The van der Waals surface area contributed by atoms with Crippen LogP contribution in [0.1, 0.15) is 10.4 Å². The van der Waals surface area contributed by atoms with Crippen LogP contribution in [0.15, 0.2) is 29.2 Å². The fraction of sp³-hybridized carbons (Fsp3) is 0. The third-order valence-electron chi connectivity index (χ3n) is 1.08. The molecule has 0 amide bonds. The van der Waals surface area contributed by atoms with Gasteiger partial charge in [0.15, 0.2) is 0 Å². The molecule has 0 aliphatic heterocycles. The standard InChI is InChI=1S/C7H5FOS/c8-10-7-3-1-2-6(4-7)5-9/h1-5H. The lowest BCUT2D eigenvalue weighted by molar-refractivity contribution is 0.112. The number of carbonyl (C=O) groups excluding carboxylic acids is 1. The van der Waals surface area contributed by atoms with Crippen molar-refractivity contribution in [3.05, 3.63) is 29.8 Å². The van der Waals surface area contributed by atoms with Gasteiger partial charge in [-0.15, -0.1) is 0 Å². The Balaban J connectivity index is 2.98. The van der Waals surface area contributed by atoms with Crippen LogP contribution in [0.4, 0.5) is 3.89 Å². The third kappa shape index (κ3) is 1.57. The molecule has 0 aliphatic carbocycles. The van der Waals surface area contributed by atoms with E-state index in [0.29, 0.717) is 16.7 Å². The Hall–Kier alpha value is -0.830. The van der Waals surface area contributed by atoms with Crippen LogP contribution in [0.25, 0.3) is 0 Å². The van der Waals surface area contributed by atoms with E-state index in [2.05, 4.69) is 0 Å². The van der Waals surface area contributed by atoms with Gasteiger partial charge >= 0.3 is 0 Å². The first-order chi connectivity index (χ1) is 4.86. The van der Waals surface area contributed by atoms with E-state index in [1.165, 1.54) is 6.07 Å². The van der Waals surface area contributed by atoms with Gasteiger partial charge in [-0.05, 0) is 12.1 Å². The van der Waals surface area contributed by atoms with E-state index in [0.717, 1.165) is 0 Å². The van der Waals surface area contributed by atoms with Crippen LogP contribution in [0.5, 0.6) is 0 Å². The Kier molecular flexibility index (Phi) is 2.45. The maximum absolute atomic E-state index is 11.8. The molecule has 0 N–H and O–H groups in total. The fourth-order valence-corrected chi connectivity index (χ4v) is 0.946. The van der Waals surface area contributed by atoms with Crippen LogP contribution in [0.2, 0.25) is 0 Å². The number of carbonyl (C=O) groups is 1. The SMILES string of the molecule is O=Cc1cccc(SF)c1.